The Kier molecular flexibility index (Phi) is 4.79. The molecule has 3 atom stereocenters. The van der Waals surface area contributed by atoms with Crippen LogP contribution in [0.4, 0.5) is 0 Å². The van der Waals surface area contributed by atoms with Crippen molar-refractivity contribution in [2.45, 2.75) is 44.9 Å². The minimum atomic E-state index is 0.106. The monoisotopic (exact) mass is 334 g/mol. The summed E-state index contributed by atoms with van der Waals surface area (Å²) in [5, 5.41) is 0. The predicted molar refractivity (Wildman–Crippen MR) is 90.3 cm³/mol. The lowest BCUT2D eigenvalue weighted by Crippen LogP contribution is -2.47. The summed E-state index contributed by atoms with van der Waals surface area (Å²) in [6.45, 7) is 4.30. The topological polar surface area (TPSA) is 49.9 Å². The van der Waals surface area contributed by atoms with Crippen LogP contribution in [0.15, 0.2) is 0 Å². The van der Waals surface area contributed by atoms with E-state index in [-0.39, 0.29) is 11.8 Å². The number of fused-ring (bicyclic) bond motifs is 2. The van der Waals surface area contributed by atoms with Crippen molar-refractivity contribution in [3.05, 3.63) is 0 Å². The third kappa shape index (κ3) is 3.32. The molecule has 2 aliphatic carbocycles. The quantitative estimate of drug-likeness (QED) is 0.792. The van der Waals surface area contributed by atoms with Crippen molar-refractivity contribution >= 4 is 11.8 Å². The SMILES string of the molecule is O=C(CC1CC2CCC1C2)N1CCC(C(=O)N2CCOCC2)CC1. The fourth-order valence-electron chi connectivity index (χ4n) is 5.40. The second-order valence-electron chi connectivity index (χ2n) is 8.23. The zero-order chi connectivity index (χ0) is 16.5. The standard InChI is InChI=1S/C19H30N2O3/c22-18(13-17-12-14-1-2-16(17)11-14)20-5-3-15(4-6-20)19(23)21-7-9-24-10-8-21/h14-17H,1-13H2. The van der Waals surface area contributed by atoms with Gasteiger partial charge >= 0.3 is 0 Å². The van der Waals surface area contributed by atoms with E-state index in [9.17, 15) is 9.59 Å². The Hall–Kier alpha value is -1.10. The van der Waals surface area contributed by atoms with Gasteiger partial charge in [0.15, 0.2) is 0 Å². The number of hydrogen-bond donors (Lipinski definition) is 0. The summed E-state index contributed by atoms with van der Waals surface area (Å²) >= 11 is 0. The van der Waals surface area contributed by atoms with Crippen molar-refractivity contribution in [2.75, 3.05) is 39.4 Å². The summed E-state index contributed by atoms with van der Waals surface area (Å²) in [5.41, 5.74) is 0. The highest BCUT2D eigenvalue weighted by molar-refractivity contribution is 5.80. The first kappa shape index (κ1) is 16.4. The van der Waals surface area contributed by atoms with Gasteiger partial charge in [0.25, 0.3) is 0 Å². The molecule has 134 valence electrons. The van der Waals surface area contributed by atoms with E-state index in [1.165, 1.54) is 25.7 Å². The predicted octanol–water partition coefficient (Wildman–Crippen LogP) is 1.91. The van der Waals surface area contributed by atoms with Crippen molar-refractivity contribution in [3.8, 4) is 0 Å². The molecule has 0 N–H and O–H groups in total. The van der Waals surface area contributed by atoms with Crippen LogP contribution in [0.1, 0.15) is 44.9 Å². The van der Waals surface area contributed by atoms with Gasteiger partial charge < -0.3 is 14.5 Å². The van der Waals surface area contributed by atoms with Gasteiger partial charge in [0, 0.05) is 38.5 Å². The van der Waals surface area contributed by atoms with Crippen LogP contribution in [0.25, 0.3) is 0 Å². The zero-order valence-electron chi connectivity index (χ0n) is 14.6. The number of carbonyl (C=O) groups excluding carboxylic acids is 2. The van der Waals surface area contributed by atoms with Crippen molar-refractivity contribution in [1.29, 1.82) is 0 Å². The van der Waals surface area contributed by atoms with Crippen molar-refractivity contribution < 1.29 is 14.3 Å². The number of rotatable bonds is 3. The van der Waals surface area contributed by atoms with E-state index in [0.29, 0.717) is 25.0 Å². The normalized spacial score (nSPS) is 33.9. The van der Waals surface area contributed by atoms with Gasteiger partial charge in [0.05, 0.1) is 13.2 Å². The molecule has 0 aromatic rings. The molecule has 2 amide bonds. The number of hydrogen-bond acceptors (Lipinski definition) is 3. The Morgan fingerprint density at radius 2 is 1.62 bits per heavy atom. The molecular formula is C19H30N2O3. The lowest BCUT2D eigenvalue weighted by atomic mass is 9.85. The van der Waals surface area contributed by atoms with Gasteiger partial charge in [-0.15, -0.1) is 0 Å². The molecule has 0 aromatic carbocycles. The molecule has 0 spiro atoms. The number of nitrogens with zero attached hydrogens (tertiary/aromatic N) is 2. The van der Waals surface area contributed by atoms with Crippen molar-refractivity contribution in [3.63, 3.8) is 0 Å². The maximum absolute atomic E-state index is 12.6. The van der Waals surface area contributed by atoms with E-state index >= 15 is 0 Å². The molecule has 2 bridgehead atoms. The Labute approximate surface area is 144 Å². The van der Waals surface area contributed by atoms with Gasteiger partial charge in [-0.2, -0.15) is 0 Å². The number of morpholine rings is 1. The average Bonchev–Trinajstić information content (AvgIpc) is 3.25. The molecule has 0 aromatic heterocycles. The first-order chi connectivity index (χ1) is 11.7. The molecule has 2 saturated carbocycles. The van der Waals surface area contributed by atoms with Crippen LogP contribution in [0.2, 0.25) is 0 Å². The number of piperidine rings is 1. The molecule has 0 radical (unpaired) electrons. The van der Waals surface area contributed by atoms with Crippen LogP contribution in [-0.4, -0.2) is 61.0 Å². The number of ether oxygens (including phenoxy) is 1. The molecule has 4 rings (SSSR count). The lowest BCUT2D eigenvalue weighted by Gasteiger charge is -2.36. The second-order valence-corrected chi connectivity index (χ2v) is 8.23. The highest BCUT2D eigenvalue weighted by atomic mass is 16.5. The van der Waals surface area contributed by atoms with Crippen LogP contribution in [0.5, 0.6) is 0 Å². The van der Waals surface area contributed by atoms with E-state index in [0.717, 1.165) is 57.3 Å². The summed E-state index contributed by atoms with van der Waals surface area (Å²) in [4.78, 5) is 29.2. The van der Waals surface area contributed by atoms with Crippen LogP contribution in [-0.2, 0) is 14.3 Å². The lowest BCUT2D eigenvalue weighted by molar-refractivity contribution is -0.144. The fraction of sp³-hybridized carbons (Fsp3) is 0.895. The molecule has 5 heteroatoms. The van der Waals surface area contributed by atoms with Gasteiger partial charge in [-0.05, 0) is 49.9 Å². The first-order valence-corrected chi connectivity index (χ1v) is 9.85. The third-order valence-corrected chi connectivity index (χ3v) is 6.84. The molecule has 4 fully saturated rings. The summed E-state index contributed by atoms with van der Waals surface area (Å²) in [6, 6.07) is 0. The van der Waals surface area contributed by atoms with Gasteiger partial charge in [0.2, 0.25) is 11.8 Å². The van der Waals surface area contributed by atoms with E-state index in [1.807, 2.05) is 9.80 Å². The van der Waals surface area contributed by atoms with Crippen LogP contribution >= 0.6 is 0 Å². The maximum atomic E-state index is 12.6. The number of amides is 2. The average molecular weight is 334 g/mol. The van der Waals surface area contributed by atoms with Crippen LogP contribution in [0, 0.1) is 23.7 Å². The Bertz CT molecular complexity index is 481. The van der Waals surface area contributed by atoms with E-state index in [4.69, 9.17) is 4.74 Å². The Morgan fingerprint density at radius 3 is 2.25 bits per heavy atom. The van der Waals surface area contributed by atoms with Gasteiger partial charge in [0.1, 0.15) is 0 Å². The molecule has 2 saturated heterocycles. The zero-order valence-corrected chi connectivity index (χ0v) is 14.6. The van der Waals surface area contributed by atoms with Gasteiger partial charge in [-0.25, -0.2) is 0 Å². The molecule has 3 unspecified atom stereocenters. The molecule has 2 aliphatic heterocycles. The van der Waals surface area contributed by atoms with Gasteiger partial charge in [-0.1, -0.05) is 6.42 Å². The summed E-state index contributed by atoms with van der Waals surface area (Å²) in [6.07, 6.45) is 7.81. The highest BCUT2D eigenvalue weighted by Gasteiger charge is 2.41. The first-order valence-electron chi connectivity index (χ1n) is 9.85. The minimum absolute atomic E-state index is 0.106. The van der Waals surface area contributed by atoms with Gasteiger partial charge in [-0.3, -0.25) is 9.59 Å². The number of carbonyl (C=O) groups is 2. The molecular weight excluding hydrogens is 304 g/mol. The largest absolute Gasteiger partial charge is 0.378 e. The van der Waals surface area contributed by atoms with Crippen molar-refractivity contribution in [2.24, 2.45) is 23.7 Å². The highest BCUT2D eigenvalue weighted by Crippen LogP contribution is 2.49. The second kappa shape index (κ2) is 7.03. The maximum Gasteiger partial charge on any atom is 0.225 e. The Morgan fingerprint density at radius 1 is 0.875 bits per heavy atom. The molecule has 4 aliphatic rings. The summed E-state index contributed by atoms with van der Waals surface area (Å²) in [7, 11) is 0. The van der Waals surface area contributed by atoms with Crippen molar-refractivity contribution in [1.82, 2.24) is 9.80 Å². The minimum Gasteiger partial charge on any atom is -0.378 e. The molecule has 5 nitrogen and oxygen atoms in total. The summed E-state index contributed by atoms with van der Waals surface area (Å²) < 4.78 is 5.32. The molecule has 24 heavy (non-hydrogen) atoms. The van der Waals surface area contributed by atoms with E-state index < -0.39 is 0 Å². The summed E-state index contributed by atoms with van der Waals surface area (Å²) in [5.74, 6) is 3.09. The smallest absolute Gasteiger partial charge is 0.225 e. The third-order valence-electron chi connectivity index (χ3n) is 6.84. The number of likely N-dealkylation sites (tertiary alicyclic amines) is 1. The molecule has 2 heterocycles. The van der Waals surface area contributed by atoms with Crippen LogP contribution < -0.4 is 0 Å². The Balaban J connectivity index is 1.23. The van der Waals surface area contributed by atoms with E-state index in [1.54, 1.807) is 0 Å². The van der Waals surface area contributed by atoms with Crippen LogP contribution in [0.3, 0.4) is 0 Å². The van der Waals surface area contributed by atoms with E-state index in [2.05, 4.69) is 0 Å². The fourth-order valence-corrected chi connectivity index (χ4v) is 5.40.